The molecule has 4 aromatic carbocycles. The Hall–Kier alpha value is -4.22. The third-order valence-electron chi connectivity index (χ3n) is 5.72. The van der Waals surface area contributed by atoms with E-state index in [4.69, 9.17) is 5.73 Å². The van der Waals surface area contributed by atoms with E-state index >= 15 is 0 Å². The Morgan fingerprint density at radius 2 is 1.50 bits per heavy atom. The zero-order chi connectivity index (χ0) is 23.9. The van der Waals surface area contributed by atoms with Gasteiger partial charge in [0.2, 0.25) is 5.91 Å². The van der Waals surface area contributed by atoms with E-state index in [1.807, 2.05) is 72.8 Å². The molecule has 0 fully saturated rings. The summed E-state index contributed by atoms with van der Waals surface area (Å²) >= 11 is 0. The van der Waals surface area contributed by atoms with Crippen LogP contribution >= 0.6 is 0 Å². The number of carbonyl (C=O) groups excluding carboxylic acids is 2. The molecule has 34 heavy (non-hydrogen) atoms. The fourth-order valence-electron chi connectivity index (χ4n) is 3.90. The van der Waals surface area contributed by atoms with Crippen molar-refractivity contribution in [3.05, 3.63) is 119 Å². The summed E-state index contributed by atoms with van der Waals surface area (Å²) in [5.74, 6) is -1.27. The van der Waals surface area contributed by atoms with Crippen LogP contribution < -0.4 is 11.1 Å². The molecule has 0 aliphatic carbocycles. The van der Waals surface area contributed by atoms with Gasteiger partial charge in [-0.15, -0.1) is 0 Å². The molecule has 2 atom stereocenters. The largest absolute Gasteiger partial charge is 0.381 e. The van der Waals surface area contributed by atoms with Crippen LogP contribution in [0, 0.1) is 0 Å². The molecule has 4 rings (SSSR count). The monoisotopic (exact) mass is 450 g/mol. The number of carbonyl (C=O) groups is 2. The molecule has 0 radical (unpaired) electrons. The van der Waals surface area contributed by atoms with Crippen LogP contribution in [0.5, 0.6) is 0 Å². The van der Waals surface area contributed by atoms with Crippen molar-refractivity contribution in [1.82, 2.24) is 5.32 Å². The molecule has 5 heteroatoms. The second-order valence-corrected chi connectivity index (χ2v) is 8.14. The molecule has 0 aliphatic heterocycles. The van der Waals surface area contributed by atoms with Gasteiger partial charge in [-0.2, -0.15) is 0 Å². The highest BCUT2D eigenvalue weighted by Crippen LogP contribution is 2.19. The van der Waals surface area contributed by atoms with Crippen molar-refractivity contribution in [3.63, 3.8) is 0 Å². The summed E-state index contributed by atoms with van der Waals surface area (Å²) < 4.78 is 0. The number of benzene rings is 4. The number of aliphatic hydroxyl groups is 1. The Labute approximate surface area is 198 Å². The second kappa shape index (κ2) is 10.6. The minimum absolute atomic E-state index is 0.270. The maximum atomic E-state index is 13.2. The number of amides is 2. The number of hydrogen-bond acceptors (Lipinski definition) is 3. The van der Waals surface area contributed by atoms with Gasteiger partial charge in [0, 0.05) is 5.56 Å². The smallest absolute Gasteiger partial charge is 0.252 e. The summed E-state index contributed by atoms with van der Waals surface area (Å²) in [5.41, 5.74) is 8.38. The number of nitrogens with one attached hydrogen (secondary N) is 1. The predicted octanol–water partition coefficient (Wildman–Crippen LogP) is 4.20. The maximum Gasteiger partial charge on any atom is 0.252 e. The summed E-state index contributed by atoms with van der Waals surface area (Å²) in [4.78, 5) is 24.8. The highest BCUT2D eigenvalue weighted by Gasteiger charge is 2.27. The molecule has 0 saturated heterocycles. The topological polar surface area (TPSA) is 92.4 Å². The molecule has 0 aliphatic rings. The molecule has 4 N–H and O–H groups in total. The van der Waals surface area contributed by atoms with Crippen LogP contribution in [-0.4, -0.2) is 29.1 Å². The Morgan fingerprint density at radius 1 is 0.824 bits per heavy atom. The van der Waals surface area contributed by atoms with Gasteiger partial charge in [0.05, 0.1) is 6.04 Å². The molecule has 0 bridgehead atoms. The molecule has 0 spiro atoms. The van der Waals surface area contributed by atoms with Crippen molar-refractivity contribution in [2.45, 2.75) is 18.6 Å². The van der Waals surface area contributed by atoms with Crippen molar-refractivity contribution >= 4 is 34.7 Å². The van der Waals surface area contributed by atoms with Crippen molar-refractivity contribution in [1.29, 1.82) is 0 Å². The van der Waals surface area contributed by atoms with Crippen LogP contribution in [0.2, 0.25) is 0 Å². The quantitative estimate of drug-likeness (QED) is 0.351. The third-order valence-corrected chi connectivity index (χ3v) is 5.72. The Balaban J connectivity index is 1.56. The van der Waals surface area contributed by atoms with Crippen molar-refractivity contribution in [2.24, 2.45) is 5.73 Å². The zero-order valence-corrected chi connectivity index (χ0v) is 18.6. The lowest BCUT2D eigenvalue weighted by molar-refractivity contribution is -0.127. The molecule has 5 nitrogen and oxygen atoms in total. The standard InChI is InChI=1S/C29H26N2O3/c30-28(33)27(32)26(19-20-8-2-1-3-9-20)31-29(34)25-13-7-6-11-23(25)17-15-21-14-16-22-10-4-5-12-24(22)18-21/h1-18,26-27,32H,19H2,(H2,30,33)(H,31,34)/b17-15+. The number of primary amides is 1. The first-order chi connectivity index (χ1) is 16.5. The van der Waals surface area contributed by atoms with Crippen LogP contribution in [0.3, 0.4) is 0 Å². The van der Waals surface area contributed by atoms with E-state index in [9.17, 15) is 14.7 Å². The molecular weight excluding hydrogens is 424 g/mol. The summed E-state index contributed by atoms with van der Waals surface area (Å²) in [6.45, 7) is 0. The van der Waals surface area contributed by atoms with Crippen LogP contribution in [-0.2, 0) is 11.2 Å². The first-order valence-corrected chi connectivity index (χ1v) is 11.1. The molecular formula is C29H26N2O3. The first-order valence-electron chi connectivity index (χ1n) is 11.1. The molecule has 0 saturated carbocycles. The highest BCUT2D eigenvalue weighted by atomic mass is 16.3. The summed E-state index contributed by atoms with van der Waals surface area (Å²) in [5, 5.41) is 15.5. The third kappa shape index (κ3) is 5.57. The number of rotatable bonds is 8. The summed E-state index contributed by atoms with van der Waals surface area (Å²) in [6.07, 6.45) is 2.60. The molecule has 2 unspecified atom stereocenters. The van der Waals surface area contributed by atoms with E-state index in [0.29, 0.717) is 5.56 Å². The Bertz CT molecular complexity index is 1330. The lowest BCUT2D eigenvalue weighted by Gasteiger charge is -2.22. The van der Waals surface area contributed by atoms with E-state index < -0.39 is 18.1 Å². The molecule has 0 aromatic heterocycles. The average molecular weight is 451 g/mol. The average Bonchev–Trinajstić information content (AvgIpc) is 2.87. The highest BCUT2D eigenvalue weighted by molar-refractivity contribution is 5.99. The number of aliphatic hydroxyl groups excluding tert-OH is 1. The van der Waals surface area contributed by atoms with Crippen molar-refractivity contribution in [2.75, 3.05) is 0 Å². The number of fused-ring (bicyclic) bond motifs is 1. The van der Waals surface area contributed by atoms with Gasteiger partial charge in [-0.1, -0.05) is 97.1 Å². The van der Waals surface area contributed by atoms with E-state index in [-0.39, 0.29) is 12.3 Å². The number of hydrogen-bond donors (Lipinski definition) is 3. The van der Waals surface area contributed by atoms with E-state index in [2.05, 4.69) is 29.6 Å². The fraction of sp³-hybridized carbons (Fsp3) is 0.103. The normalized spacial score (nSPS) is 13.0. The minimum atomic E-state index is -1.51. The molecule has 170 valence electrons. The van der Waals surface area contributed by atoms with Gasteiger partial charge >= 0.3 is 0 Å². The van der Waals surface area contributed by atoms with Crippen LogP contribution in [0.1, 0.15) is 27.0 Å². The van der Waals surface area contributed by atoms with Crippen LogP contribution in [0.4, 0.5) is 0 Å². The molecule has 2 amide bonds. The lowest BCUT2D eigenvalue weighted by Crippen LogP contribution is -2.50. The van der Waals surface area contributed by atoms with Gasteiger partial charge in [-0.3, -0.25) is 9.59 Å². The minimum Gasteiger partial charge on any atom is -0.381 e. The van der Waals surface area contributed by atoms with Crippen LogP contribution in [0.25, 0.3) is 22.9 Å². The summed E-state index contributed by atoms with van der Waals surface area (Å²) in [6, 6.07) is 30.0. The second-order valence-electron chi connectivity index (χ2n) is 8.14. The van der Waals surface area contributed by atoms with Crippen molar-refractivity contribution in [3.8, 4) is 0 Å². The number of nitrogens with two attached hydrogens (primary N) is 1. The van der Waals surface area contributed by atoms with Crippen molar-refractivity contribution < 1.29 is 14.7 Å². The van der Waals surface area contributed by atoms with Gasteiger partial charge in [0.25, 0.3) is 5.91 Å². The van der Waals surface area contributed by atoms with E-state index in [0.717, 1.165) is 27.5 Å². The predicted molar refractivity (Wildman–Crippen MR) is 136 cm³/mol. The van der Waals surface area contributed by atoms with Gasteiger partial charge < -0.3 is 16.2 Å². The van der Waals surface area contributed by atoms with Gasteiger partial charge in [-0.25, -0.2) is 0 Å². The SMILES string of the molecule is NC(=O)C(O)C(Cc1ccccc1)NC(=O)c1ccccc1/C=C/c1ccc2ccccc2c1. The lowest BCUT2D eigenvalue weighted by atomic mass is 9.99. The first kappa shape index (κ1) is 23.0. The van der Waals surface area contributed by atoms with E-state index in [1.54, 1.807) is 12.1 Å². The van der Waals surface area contributed by atoms with Gasteiger partial charge in [0.15, 0.2) is 6.10 Å². The molecule has 4 aromatic rings. The van der Waals surface area contributed by atoms with Gasteiger partial charge in [0.1, 0.15) is 0 Å². The Morgan fingerprint density at radius 3 is 2.26 bits per heavy atom. The zero-order valence-electron chi connectivity index (χ0n) is 18.6. The van der Waals surface area contributed by atoms with Gasteiger partial charge in [-0.05, 0) is 46.0 Å². The van der Waals surface area contributed by atoms with E-state index in [1.165, 1.54) is 0 Å². The molecule has 0 heterocycles. The summed E-state index contributed by atoms with van der Waals surface area (Å²) in [7, 11) is 0. The van der Waals surface area contributed by atoms with Crippen LogP contribution in [0.15, 0.2) is 97.1 Å². The fourth-order valence-corrected chi connectivity index (χ4v) is 3.90. The Kier molecular flexibility index (Phi) is 7.16. The maximum absolute atomic E-state index is 13.2.